The van der Waals surface area contributed by atoms with Crippen LogP contribution in [0.1, 0.15) is 12.8 Å². The van der Waals surface area contributed by atoms with E-state index in [-0.39, 0.29) is 18.4 Å². The molecule has 0 radical (unpaired) electrons. The third kappa shape index (κ3) is 4.81. The molecular weight excluding hydrogens is 283 g/mol. The van der Waals surface area contributed by atoms with Crippen LogP contribution in [0, 0.1) is 0 Å². The van der Waals surface area contributed by atoms with Crippen LogP contribution in [0.4, 0.5) is 13.2 Å². The molecule has 4 nitrogen and oxygen atoms in total. The van der Waals surface area contributed by atoms with Gasteiger partial charge in [-0.05, 0) is 6.42 Å². The van der Waals surface area contributed by atoms with Gasteiger partial charge in [0.05, 0.1) is 0 Å². The molecule has 0 spiro atoms. The molecule has 1 N–H and O–H groups in total. The predicted molar refractivity (Wildman–Crippen MR) is 67.3 cm³/mol. The minimum atomic E-state index is -4.40. The molecule has 2 rings (SSSR count). The maximum atomic E-state index is 12.1. The second-order valence-corrected chi connectivity index (χ2v) is 4.86. The van der Waals surface area contributed by atoms with Crippen molar-refractivity contribution in [2.45, 2.75) is 25.1 Å². The van der Waals surface area contributed by atoms with Crippen molar-refractivity contribution in [3.63, 3.8) is 0 Å². The first kappa shape index (κ1) is 16.5. The third-order valence-corrected chi connectivity index (χ3v) is 3.54. The Bertz CT molecular complexity index is 308. The van der Waals surface area contributed by atoms with Crippen LogP contribution in [-0.2, 0) is 4.79 Å². The number of nitrogens with one attached hydrogen (secondary N) is 1. The van der Waals surface area contributed by atoms with Crippen molar-refractivity contribution < 1.29 is 18.0 Å². The number of carbonyl (C=O) groups is 1. The summed E-state index contributed by atoms with van der Waals surface area (Å²) in [6, 6.07) is 0.226. The summed E-state index contributed by atoms with van der Waals surface area (Å²) < 4.78 is 36.4. The zero-order chi connectivity index (χ0) is 13.2. The maximum absolute atomic E-state index is 12.1. The van der Waals surface area contributed by atoms with Gasteiger partial charge in [-0.2, -0.15) is 13.2 Å². The van der Waals surface area contributed by atoms with Crippen LogP contribution in [0.3, 0.4) is 0 Å². The normalized spacial score (nSPS) is 25.2. The van der Waals surface area contributed by atoms with Gasteiger partial charge in [0.2, 0.25) is 5.91 Å². The molecular formula is C11H19ClF3N3O. The van der Waals surface area contributed by atoms with Gasteiger partial charge in [-0.25, -0.2) is 0 Å². The Balaban J connectivity index is 0.00000180. The first-order valence-corrected chi connectivity index (χ1v) is 6.25. The average molecular weight is 302 g/mol. The number of likely N-dealkylation sites (tertiary alicyclic amines) is 1. The van der Waals surface area contributed by atoms with E-state index in [1.165, 1.54) is 4.90 Å². The number of nitrogens with zero attached hydrogens (tertiary/aromatic N) is 2. The molecule has 8 heteroatoms. The van der Waals surface area contributed by atoms with Crippen LogP contribution in [0.25, 0.3) is 0 Å². The van der Waals surface area contributed by atoms with Crippen molar-refractivity contribution in [1.82, 2.24) is 15.1 Å². The van der Waals surface area contributed by atoms with Gasteiger partial charge >= 0.3 is 6.18 Å². The van der Waals surface area contributed by atoms with Crippen molar-refractivity contribution in [2.24, 2.45) is 0 Å². The summed E-state index contributed by atoms with van der Waals surface area (Å²) in [7, 11) is 0. The van der Waals surface area contributed by atoms with Crippen LogP contribution < -0.4 is 5.32 Å². The van der Waals surface area contributed by atoms with Crippen molar-refractivity contribution in [2.75, 3.05) is 39.3 Å². The van der Waals surface area contributed by atoms with E-state index in [9.17, 15) is 18.0 Å². The molecule has 0 aromatic carbocycles. The van der Waals surface area contributed by atoms with Crippen molar-refractivity contribution >= 4 is 18.3 Å². The second-order valence-electron chi connectivity index (χ2n) is 4.86. The Kier molecular flexibility index (Phi) is 5.88. The van der Waals surface area contributed by atoms with Gasteiger partial charge in [0.25, 0.3) is 0 Å². The van der Waals surface area contributed by atoms with E-state index in [4.69, 9.17) is 0 Å². The van der Waals surface area contributed by atoms with Crippen LogP contribution in [-0.4, -0.2) is 67.2 Å². The van der Waals surface area contributed by atoms with E-state index in [0.717, 1.165) is 32.6 Å². The number of alkyl halides is 3. The predicted octanol–water partition coefficient (Wildman–Crippen LogP) is 0.867. The Morgan fingerprint density at radius 2 is 1.84 bits per heavy atom. The molecule has 1 atom stereocenters. The molecule has 112 valence electrons. The van der Waals surface area contributed by atoms with E-state index in [0.29, 0.717) is 13.1 Å². The molecule has 1 amide bonds. The number of hydrogen-bond donors (Lipinski definition) is 1. The highest BCUT2D eigenvalue weighted by Crippen LogP contribution is 2.23. The standard InChI is InChI=1S/C11H18F3N3O.ClH/c12-11(13,14)7-10(18)17-4-1-9(8-17)16-5-2-15-3-6-16;/h9,15H,1-8H2;1H. The van der Waals surface area contributed by atoms with E-state index in [2.05, 4.69) is 10.2 Å². The molecule has 0 saturated carbocycles. The van der Waals surface area contributed by atoms with Gasteiger partial charge in [0, 0.05) is 45.3 Å². The highest BCUT2D eigenvalue weighted by Gasteiger charge is 2.37. The van der Waals surface area contributed by atoms with Crippen molar-refractivity contribution in [3.8, 4) is 0 Å². The van der Waals surface area contributed by atoms with E-state index < -0.39 is 18.5 Å². The molecule has 19 heavy (non-hydrogen) atoms. The number of piperazine rings is 1. The first-order valence-electron chi connectivity index (χ1n) is 6.25. The highest BCUT2D eigenvalue weighted by atomic mass is 35.5. The molecule has 0 aromatic rings. The second kappa shape index (κ2) is 6.76. The summed E-state index contributed by atoms with van der Waals surface area (Å²) in [5, 5.41) is 3.23. The molecule has 0 aromatic heterocycles. The smallest absolute Gasteiger partial charge is 0.341 e. The monoisotopic (exact) mass is 301 g/mol. The van der Waals surface area contributed by atoms with Gasteiger partial charge < -0.3 is 10.2 Å². The Morgan fingerprint density at radius 3 is 2.42 bits per heavy atom. The fourth-order valence-electron chi connectivity index (χ4n) is 2.60. The largest absolute Gasteiger partial charge is 0.397 e. The van der Waals surface area contributed by atoms with E-state index in [1.807, 2.05) is 0 Å². The fourth-order valence-corrected chi connectivity index (χ4v) is 2.60. The minimum Gasteiger partial charge on any atom is -0.341 e. The molecule has 2 fully saturated rings. The van der Waals surface area contributed by atoms with Crippen LogP contribution >= 0.6 is 12.4 Å². The lowest BCUT2D eigenvalue weighted by molar-refractivity contribution is -0.160. The lowest BCUT2D eigenvalue weighted by atomic mass is 10.2. The Labute approximate surface area is 116 Å². The molecule has 0 aliphatic carbocycles. The summed E-state index contributed by atoms with van der Waals surface area (Å²) >= 11 is 0. The Morgan fingerprint density at radius 1 is 1.21 bits per heavy atom. The zero-order valence-electron chi connectivity index (χ0n) is 10.6. The molecule has 2 aliphatic heterocycles. The quantitative estimate of drug-likeness (QED) is 0.822. The fraction of sp³-hybridized carbons (Fsp3) is 0.909. The van der Waals surface area contributed by atoms with E-state index in [1.54, 1.807) is 0 Å². The summed E-state index contributed by atoms with van der Waals surface area (Å²) in [6.07, 6.45) is -4.95. The topological polar surface area (TPSA) is 35.6 Å². The van der Waals surface area contributed by atoms with Crippen LogP contribution in [0.15, 0.2) is 0 Å². The van der Waals surface area contributed by atoms with Gasteiger partial charge in [-0.1, -0.05) is 0 Å². The SMILES string of the molecule is Cl.O=C(CC(F)(F)F)N1CCC(N2CCNCC2)C1. The zero-order valence-corrected chi connectivity index (χ0v) is 11.4. The van der Waals surface area contributed by atoms with Crippen LogP contribution in [0.2, 0.25) is 0 Å². The number of hydrogen-bond acceptors (Lipinski definition) is 3. The summed E-state index contributed by atoms with van der Waals surface area (Å²) in [6.45, 7) is 4.52. The van der Waals surface area contributed by atoms with Crippen molar-refractivity contribution in [3.05, 3.63) is 0 Å². The molecule has 1 unspecified atom stereocenters. The van der Waals surface area contributed by atoms with Gasteiger partial charge in [-0.3, -0.25) is 9.69 Å². The summed E-state index contributed by atoms with van der Waals surface area (Å²) in [5.74, 6) is -0.792. The average Bonchev–Trinajstić information content (AvgIpc) is 2.77. The highest BCUT2D eigenvalue weighted by molar-refractivity contribution is 5.85. The van der Waals surface area contributed by atoms with Gasteiger partial charge in [0.15, 0.2) is 0 Å². The lowest BCUT2D eigenvalue weighted by Crippen LogP contribution is -2.49. The number of halogens is 4. The molecule has 2 saturated heterocycles. The van der Waals surface area contributed by atoms with Crippen molar-refractivity contribution in [1.29, 1.82) is 0 Å². The molecule has 2 aliphatic rings. The molecule has 2 heterocycles. The number of rotatable bonds is 2. The molecule has 0 bridgehead atoms. The first-order chi connectivity index (χ1) is 8.46. The van der Waals surface area contributed by atoms with E-state index >= 15 is 0 Å². The maximum Gasteiger partial charge on any atom is 0.397 e. The minimum absolute atomic E-state index is 0. The lowest BCUT2D eigenvalue weighted by Gasteiger charge is -2.32. The van der Waals surface area contributed by atoms with Crippen LogP contribution in [0.5, 0.6) is 0 Å². The summed E-state index contributed by atoms with van der Waals surface area (Å²) in [4.78, 5) is 15.1. The number of carbonyl (C=O) groups excluding carboxylic acids is 1. The van der Waals surface area contributed by atoms with Gasteiger partial charge in [0.1, 0.15) is 6.42 Å². The third-order valence-electron chi connectivity index (χ3n) is 3.54. The summed E-state index contributed by atoms with van der Waals surface area (Å²) in [5.41, 5.74) is 0. The van der Waals surface area contributed by atoms with Gasteiger partial charge in [-0.15, -0.1) is 12.4 Å². The number of amides is 1. The Hall–Kier alpha value is -0.530.